The largest absolute Gasteiger partial charge is 0.464 e. The highest BCUT2D eigenvalue weighted by Gasteiger charge is 2.23. The van der Waals surface area contributed by atoms with Gasteiger partial charge in [0.1, 0.15) is 0 Å². The van der Waals surface area contributed by atoms with Gasteiger partial charge in [-0.05, 0) is 60.1 Å². The molecule has 0 saturated carbocycles. The van der Waals surface area contributed by atoms with Crippen molar-refractivity contribution in [2.75, 3.05) is 11.9 Å². The third-order valence-corrected chi connectivity index (χ3v) is 5.08. The topological polar surface area (TPSA) is 38.3 Å². The molecule has 1 N–H and O–H groups in total. The Bertz CT molecular complexity index is 644. The number of rotatable bonds is 5. The van der Waals surface area contributed by atoms with E-state index in [4.69, 9.17) is 16.3 Å². The lowest BCUT2D eigenvalue weighted by molar-refractivity contribution is -0.144. The maximum absolute atomic E-state index is 12.2. The highest BCUT2D eigenvalue weighted by molar-refractivity contribution is 9.10. The van der Waals surface area contributed by atoms with Crippen LogP contribution < -0.4 is 5.32 Å². The molecule has 1 atom stereocenters. The van der Waals surface area contributed by atoms with Crippen molar-refractivity contribution in [3.05, 3.63) is 49.6 Å². The molecule has 0 aliphatic heterocycles. The number of halogens is 2. The summed E-state index contributed by atoms with van der Waals surface area (Å²) in [5.74, 6) is -0.287. The SMILES string of the molecule is CCOC(=O)C(Nc1ccc(Cl)c(Br)c1)c1ccc(C)s1. The summed E-state index contributed by atoms with van der Waals surface area (Å²) in [7, 11) is 0. The Hall–Kier alpha value is -1.04. The number of anilines is 1. The van der Waals surface area contributed by atoms with Gasteiger partial charge in [0, 0.05) is 19.9 Å². The first-order chi connectivity index (χ1) is 10.0. The number of benzene rings is 1. The Morgan fingerprint density at radius 2 is 2.19 bits per heavy atom. The van der Waals surface area contributed by atoms with E-state index in [1.54, 1.807) is 24.3 Å². The van der Waals surface area contributed by atoms with E-state index in [2.05, 4.69) is 21.2 Å². The number of hydrogen-bond acceptors (Lipinski definition) is 4. The molecule has 112 valence electrons. The maximum Gasteiger partial charge on any atom is 0.334 e. The smallest absolute Gasteiger partial charge is 0.334 e. The summed E-state index contributed by atoms with van der Waals surface area (Å²) >= 11 is 10.9. The fourth-order valence-corrected chi connectivity index (χ4v) is 3.25. The Labute approximate surface area is 141 Å². The molecular weight excluding hydrogens is 374 g/mol. The quantitative estimate of drug-likeness (QED) is 0.716. The fraction of sp³-hybridized carbons (Fsp3) is 0.267. The van der Waals surface area contributed by atoms with Crippen LogP contribution in [-0.2, 0) is 9.53 Å². The fourth-order valence-electron chi connectivity index (χ4n) is 1.83. The second-order valence-corrected chi connectivity index (χ2v) is 6.99. The van der Waals surface area contributed by atoms with Gasteiger partial charge in [-0.1, -0.05) is 11.6 Å². The predicted molar refractivity (Wildman–Crippen MR) is 91.2 cm³/mol. The molecule has 3 nitrogen and oxygen atoms in total. The van der Waals surface area contributed by atoms with Gasteiger partial charge in [-0.25, -0.2) is 4.79 Å². The van der Waals surface area contributed by atoms with Crippen molar-refractivity contribution in [1.82, 2.24) is 0 Å². The summed E-state index contributed by atoms with van der Waals surface area (Å²) in [5.41, 5.74) is 0.801. The van der Waals surface area contributed by atoms with Gasteiger partial charge < -0.3 is 10.1 Å². The van der Waals surface area contributed by atoms with Crippen LogP contribution >= 0.6 is 38.9 Å². The molecule has 1 aromatic carbocycles. The number of aryl methyl sites for hydroxylation is 1. The molecule has 0 aliphatic carbocycles. The third-order valence-electron chi connectivity index (χ3n) is 2.80. The normalized spacial score (nSPS) is 12.0. The zero-order chi connectivity index (χ0) is 15.4. The molecule has 1 aromatic heterocycles. The van der Waals surface area contributed by atoms with Gasteiger partial charge in [-0.2, -0.15) is 0 Å². The lowest BCUT2D eigenvalue weighted by Gasteiger charge is -2.17. The highest BCUT2D eigenvalue weighted by Crippen LogP contribution is 2.30. The molecule has 21 heavy (non-hydrogen) atoms. The first-order valence-corrected chi connectivity index (χ1v) is 8.44. The van der Waals surface area contributed by atoms with Gasteiger partial charge >= 0.3 is 5.97 Å². The van der Waals surface area contributed by atoms with Gasteiger partial charge in [-0.3, -0.25) is 0 Å². The molecule has 2 aromatic rings. The highest BCUT2D eigenvalue weighted by atomic mass is 79.9. The Balaban J connectivity index is 2.27. The Morgan fingerprint density at radius 1 is 1.43 bits per heavy atom. The molecule has 0 amide bonds. The van der Waals surface area contributed by atoms with E-state index >= 15 is 0 Å². The summed E-state index contributed by atoms with van der Waals surface area (Å²) in [4.78, 5) is 14.3. The van der Waals surface area contributed by atoms with E-state index in [1.165, 1.54) is 0 Å². The Kier molecular flexibility index (Phi) is 5.67. The van der Waals surface area contributed by atoms with E-state index in [1.807, 2.05) is 31.2 Å². The van der Waals surface area contributed by atoms with Crippen molar-refractivity contribution in [3.63, 3.8) is 0 Å². The predicted octanol–water partition coefficient (Wildman–Crippen LogP) is 5.19. The molecular formula is C15H15BrClNO2S. The van der Waals surface area contributed by atoms with Crippen LogP contribution in [0.15, 0.2) is 34.8 Å². The molecule has 0 bridgehead atoms. The van der Waals surface area contributed by atoms with Crippen LogP contribution in [0.2, 0.25) is 5.02 Å². The van der Waals surface area contributed by atoms with Gasteiger partial charge in [0.25, 0.3) is 0 Å². The van der Waals surface area contributed by atoms with Crippen LogP contribution in [0.5, 0.6) is 0 Å². The summed E-state index contributed by atoms with van der Waals surface area (Å²) in [6.45, 7) is 4.16. The molecule has 0 aliphatic rings. The van der Waals surface area contributed by atoms with E-state index < -0.39 is 6.04 Å². The van der Waals surface area contributed by atoms with Gasteiger partial charge in [0.15, 0.2) is 6.04 Å². The summed E-state index contributed by atoms with van der Waals surface area (Å²) < 4.78 is 5.94. The van der Waals surface area contributed by atoms with Crippen molar-refractivity contribution < 1.29 is 9.53 Å². The molecule has 0 fully saturated rings. The van der Waals surface area contributed by atoms with Crippen molar-refractivity contribution in [2.45, 2.75) is 19.9 Å². The second kappa shape index (κ2) is 7.29. The molecule has 0 radical (unpaired) electrons. The number of thiophene rings is 1. The molecule has 0 saturated heterocycles. The van der Waals surface area contributed by atoms with Crippen molar-refractivity contribution in [1.29, 1.82) is 0 Å². The van der Waals surface area contributed by atoms with Gasteiger partial charge in [-0.15, -0.1) is 11.3 Å². The van der Waals surface area contributed by atoms with Crippen molar-refractivity contribution >= 4 is 50.5 Å². The van der Waals surface area contributed by atoms with Crippen LogP contribution in [0.4, 0.5) is 5.69 Å². The average molecular weight is 389 g/mol. The lowest BCUT2D eigenvalue weighted by atomic mass is 10.2. The molecule has 0 spiro atoms. The molecule has 1 unspecified atom stereocenters. The first kappa shape index (κ1) is 16.3. The van der Waals surface area contributed by atoms with Crippen molar-refractivity contribution in [2.24, 2.45) is 0 Å². The summed E-state index contributed by atoms with van der Waals surface area (Å²) in [5, 5.41) is 3.83. The monoisotopic (exact) mass is 387 g/mol. The van der Waals surface area contributed by atoms with Crippen LogP contribution in [-0.4, -0.2) is 12.6 Å². The Morgan fingerprint density at radius 3 is 2.76 bits per heavy atom. The summed E-state index contributed by atoms with van der Waals surface area (Å²) in [6, 6.07) is 8.87. The minimum absolute atomic E-state index is 0.287. The van der Waals surface area contributed by atoms with E-state index in [-0.39, 0.29) is 5.97 Å². The zero-order valence-corrected chi connectivity index (χ0v) is 14.8. The minimum Gasteiger partial charge on any atom is -0.464 e. The lowest BCUT2D eigenvalue weighted by Crippen LogP contribution is -2.22. The maximum atomic E-state index is 12.2. The zero-order valence-electron chi connectivity index (χ0n) is 11.7. The number of nitrogens with one attached hydrogen (secondary N) is 1. The first-order valence-electron chi connectivity index (χ1n) is 6.45. The minimum atomic E-state index is -0.517. The molecule has 1 heterocycles. The number of carbonyl (C=O) groups excluding carboxylic acids is 1. The van der Waals surface area contributed by atoms with E-state index in [0.717, 1.165) is 19.9 Å². The van der Waals surface area contributed by atoms with Crippen LogP contribution in [0.1, 0.15) is 22.7 Å². The van der Waals surface area contributed by atoms with E-state index in [0.29, 0.717) is 11.6 Å². The van der Waals surface area contributed by atoms with Crippen molar-refractivity contribution in [3.8, 4) is 0 Å². The second-order valence-electron chi connectivity index (χ2n) is 4.41. The number of hydrogen-bond donors (Lipinski definition) is 1. The van der Waals surface area contributed by atoms with Crippen LogP contribution in [0.25, 0.3) is 0 Å². The van der Waals surface area contributed by atoms with Gasteiger partial charge in [0.05, 0.1) is 11.6 Å². The molecule has 2 rings (SSSR count). The van der Waals surface area contributed by atoms with Crippen LogP contribution in [0.3, 0.4) is 0 Å². The number of carbonyl (C=O) groups is 1. The standard InChI is InChI=1S/C15H15BrClNO2S/c1-3-20-15(19)14(13-7-4-9(2)21-13)18-10-5-6-12(17)11(16)8-10/h4-8,14,18H,3H2,1-2H3. The average Bonchev–Trinajstić information content (AvgIpc) is 2.86. The third kappa shape index (κ3) is 4.22. The molecule has 6 heteroatoms. The number of ether oxygens (including phenoxy) is 1. The number of esters is 1. The van der Waals surface area contributed by atoms with E-state index in [9.17, 15) is 4.79 Å². The van der Waals surface area contributed by atoms with Crippen LogP contribution in [0, 0.1) is 6.92 Å². The van der Waals surface area contributed by atoms with Gasteiger partial charge in [0.2, 0.25) is 0 Å². The summed E-state index contributed by atoms with van der Waals surface area (Å²) in [6.07, 6.45) is 0.